The van der Waals surface area contributed by atoms with E-state index in [9.17, 15) is 9.90 Å². The monoisotopic (exact) mass is 299 g/mol. The molecule has 4 nitrogen and oxygen atoms in total. The number of phenolic OH excluding ortho intramolecular Hbond substituents is 1. The number of aryl methyl sites for hydroxylation is 1. The van der Waals surface area contributed by atoms with Gasteiger partial charge in [0.1, 0.15) is 11.5 Å². The molecule has 22 heavy (non-hydrogen) atoms. The average molecular weight is 299 g/mol. The summed E-state index contributed by atoms with van der Waals surface area (Å²) in [5.41, 5.74) is 2.49. The van der Waals surface area contributed by atoms with Gasteiger partial charge in [0, 0.05) is 17.5 Å². The summed E-state index contributed by atoms with van der Waals surface area (Å²) >= 11 is 0. The van der Waals surface area contributed by atoms with Crippen LogP contribution in [0, 0.1) is 12.8 Å². The van der Waals surface area contributed by atoms with Crippen molar-refractivity contribution in [3.05, 3.63) is 47.4 Å². The van der Waals surface area contributed by atoms with Gasteiger partial charge in [-0.05, 0) is 54.7 Å². The van der Waals surface area contributed by atoms with E-state index in [4.69, 9.17) is 4.42 Å². The molecular weight excluding hydrogens is 278 g/mol. The van der Waals surface area contributed by atoms with Crippen molar-refractivity contribution >= 4 is 11.6 Å². The number of amides is 1. The van der Waals surface area contributed by atoms with Gasteiger partial charge in [-0.25, -0.2) is 0 Å². The third-order valence-electron chi connectivity index (χ3n) is 4.29. The topological polar surface area (TPSA) is 62.5 Å². The van der Waals surface area contributed by atoms with Crippen molar-refractivity contribution in [1.82, 2.24) is 0 Å². The lowest BCUT2D eigenvalue weighted by atomic mass is 9.99. The molecule has 1 fully saturated rings. The number of hydrogen-bond acceptors (Lipinski definition) is 3. The van der Waals surface area contributed by atoms with Crippen molar-refractivity contribution in [2.75, 3.05) is 5.32 Å². The molecule has 0 saturated heterocycles. The Balaban J connectivity index is 1.74. The van der Waals surface area contributed by atoms with E-state index in [0.29, 0.717) is 0 Å². The largest absolute Gasteiger partial charge is 0.508 e. The summed E-state index contributed by atoms with van der Waals surface area (Å²) in [7, 11) is 0. The molecule has 1 aromatic carbocycles. The number of anilines is 1. The van der Waals surface area contributed by atoms with E-state index in [2.05, 4.69) is 5.32 Å². The zero-order valence-electron chi connectivity index (χ0n) is 13.1. The normalized spacial score (nSPS) is 20.2. The van der Waals surface area contributed by atoms with Gasteiger partial charge in [-0.2, -0.15) is 0 Å². The van der Waals surface area contributed by atoms with Crippen molar-refractivity contribution in [1.29, 1.82) is 0 Å². The summed E-state index contributed by atoms with van der Waals surface area (Å²) in [5, 5.41) is 13.0. The summed E-state index contributed by atoms with van der Waals surface area (Å²) < 4.78 is 5.37. The van der Waals surface area contributed by atoms with E-state index in [-0.39, 0.29) is 29.4 Å². The molecule has 0 bridgehead atoms. The summed E-state index contributed by atoms with van der Waals surface area (Å²) in [5.74, 6) is 1.55. The molecule has 1 aromatic heterocycles. The first kappa shape index (κ1) is 14.7. The van der Waals surface area contributed by atoms with Crippen LogP contribution in [0.15, 0.2) is 34.9 Å². The Morgan fingerprint density at radius 3 is 2.82 bits per heavy atom. The maximum atomic E-state index is 12.4. The van der Waals surface area contributed by atoms with Crippen LogP contribution in [0.4, 0.5) is 5.69 Å². The van der Waals surface area contributed by atoms with Gasteiger partial charge < -0.3 is 14.8 Å². The first-order valence-corrected chi connectivity index (χ1v) is 7.65. The van der Waals surface area contributed by atoms with E-state index in [1.807, 2.05) is 39.0 Å². The van der Waals surface area contributed by atoms with Crippen LogP contribution >= 0.6 is 0 Å². The van der Waals surface area contributed by atoms with Crippen molar-refractivity contribution in [3.8, 4) is 5.75 Å². The Hall–Kier alpha value is -2.23. The molecule has 0 radical (unpaired) electrons. The lowest BCUT2D eigenvalue weighted by Gasteiger charge is -2.14. The van der Waals surface area contributed by atoms with Crippen LogP contribution in [-0.2, 0) is 4.79 Å². The highest BCUT2D eigenvalue weighted by Crippen LogP contribution is 2.48. The predicted octanol–water partition coefficient (Wildman–Crippen LogP) is 4.16. The zero-order chi connectivity index (χ0) is 15.9. The van der Waals surface area contributed by atoms with Crippen LogP contribution in [0.5, 0.6) is 5.75 Å². The molecule has 2 N–H and O–H groups in total. The molecule has 0 aliphatic heterocycles. The van der Waals surface area contributed by atoms with Crippen molar-refractivity contribution in [3.63, 3.8) is 0 Å². The molecule has 116 valence electrons. The fourth-order valence-corrected chi connectivity index (χ4v) is 2.83. The average Bonchev–Trinajstić information content (AvgIpc) is 3.07. The number of nitrogens with one attached hydrogen (secondary N) is 1. The molecule has 1 aliphatic rings. The molecule has 0 unspecified atom stereocenters. The molecule has 1 saturated carbocycles. The molecule has 3 rings (SSSR count). The summed E-state index contributed by atoms with van der Waals surface area (Å²) in [6, 6.07) is 7.35. The molecule has 4 heteroatoms. The number of rotatable bonds is 4. The number of carbonyl (C=O) groups is 1. The highest BCUT2D eigenvalue weighted by molar-refractivity contribution is 5.96. The maximum absolute atomic E-state index is 12.4. The lowest BCUT2D eigenvalue weighted by Crippen LogP contribution is -2.15. The number of phenols is 1. The van der Waals surface area contributed by atoms with Crippen LogP contribution in [0.25, 0.3) is 0 Å². The first-order chi connectivity index (χ1) is 10.5. The second-order valence-corrected chi connectivity index (χ2v) is 6.33. The lowest BCUT2D eigenvalue weighted by molar-refractivity contribution is -0.117. The fraction of sp³-hybridized carbons (Fsp3) is 0.389. The fourth-order valence-electron chi connectivity index (χ4n) is 2.83. The molecule has 2 aromatic rings. The first-order valence-electron chi connectivity index (χ1n) is 7.65. The Labute approximate surface area is 130 Å². The molecular formula is C18H21NO3. The third kappa shape index (κ3) is 2.73. The van der Waals surface area contributed by atoms with Crippen LogP contribution < -0.4 is 5.32 Å². The Bertz CT molecular complexity index is 689. The van der Waals surface area contributed by atoms with Gasteiger partial charge in [-0.3, -0.25) is 4.79 Å². The highest BCUT2D eigenvalue weighted by Gasteiger charge is 2.45. The van der Waals surface area contributed by atoms with Gasteiger partial charge in [0.15, 0.2) is 0 Å². The van der Waals surface area contributed by atoms with E-state index in [1.165, 1.54) is 0 Å². The number of benzene rings is 1. The number of hydrogen-bond donors (Lipinski definition) is 2. The number of aromatic hydroxyl groups is 1. The minimum Gasteiger partial charge on any atom is -0.508 e. The van der Waals surface area contributed by atoms with E-state index in [1.54, 1.807) is 12.3 Å². The highest BCUT2D eigenvalue weighted by atomic mass is 16.3. The maximum Gasteiger partial charge on any atom is 0.228 e. The van der Waals surface area contributed by atoms with Crippen molar-refractivity contribution < 1.29 is 14.3 Å². The molecule has 0 spiro atoms. The SMILES string of the molecule is Cc1cc(O)c(C(C)C)cc1NC(=O)[C@H]1C[C@@H]1c1ccco1. The number of carbonyl (C=O) groups excluding carboxylic acids is 1. The second-order valence-electron chi connectivity index (χ2n) is 6.33. The van der Waals surface area contributed by atoms with Gasteiger partial charge in [-0.15, -0.1) is 0 Å². The third-order valence-corrected chi connectivity index (χ3v) is 4.29. The summed E-state index contributed by atoms with van der Waals surface area (Å²) in [4.78, 5) is 12.4. The predicted molar refractivity (Wildman–Crippen MR) is 85.1 cm³/mol. The van der Waals surface area contributed by atoms with Crippen molar-refractivity contribution in [2.24, 2.45) is 5.92 Å². The number of furan rings is 1. The van der Waals surface area contributed by atoms with Gasteiger partial charge in [-0.1, -0.05) is 13.8 Å². The zero-order valence-corrected chi connectivity index (χ0v) is 13.1. The second kappa shape index (κ2) is 5.52. The summed E-state index contributed by atoms with van der Waals surface area (Å²) in [6.07, 6.45) is 2.47. The molecule has 2 atom stereocenters. The van der Waals surface area contributed by atoms with E-state index < -0.39 is 0 Å². The van der Waals surface area contributed by atoms with Gasteiger partial charge in [0.25, 0.3) is 0 Å². The quantitative estimate of drug-likeness (QED) is 0.833. The van der Waals surface area contributed by atoms with Gasteiger partial charge in [0.2, 0.25) is 5.91 Å². The smallest absolute Gasteiger partial charge is 0.228 e. The van der Waals surface area contributed by atoms with E-state index >= 15 is 0 Å². The van der Waals surface area contributed by atoms with E-state index in [0.717, 1.165) is 29.0 Å². The van der Waals surface area contributed by atoms with Crippen LogP contribution in [-0.4, -0.2) is 11.0 Å². The molecule has 1 amide bonds. The minimum absolute atomic E-state index is 0.0184. The molecule has 1 heterocycles. The standard InChI is InChI=1S/C18H21NO3/c1-10(2)12-9-15(11(3)7-16(12)20)19-18(21)14-8-13(14)17-5-4-6-22-17/h4-7,9-10,13-14,20H,8H2,1-3H3,(H,19,21)/t13-,14-/m0/s1. The molecule has 1 aliphatic carbocycles. The van der Waals surface area contributed by atoms with Crippen molar-refractivity contribution in [2.45, 2.75) is 39.0 Å². The van der Waals surface area contributed by atoms with Crippen LogP contribution in [0.2, 0.25) is 0 Å². The Morgan fingerprint density at radius 2 is 2.18 bits per heavy atom. The Morgan fingerprint density at radius 1 is 1.41 bits per heavy atom. The van der Waals surface area contributed by atoms with Crippen LogP contribution in [0.1, 0.15) is 49.0 Å². The Kier molecular flexibility index (Phi) is 3.69. The van der Waals surface area contributed by atoms with Crippen LogP contribution in [0.3, 0.4) is 0 Å². The van der Waals surface area contributed by atoms with Gasteiger partial charge >= 0.3 is 0 Å². The minimum atomic E-state index is -0.0261. The van der Waals surface area contributed by atoms with Gasteiger partial charge in [0.05, 0.1) is 6.26 Å². The summed E-state index contributed by atoms with van der Waals surface area (Å²) in [6.45, 7) is 5.92.